The maximum Gasteiger partial charge on any atom is 0.360 e. The number of hydrogen-bond acceptors (Lipinski definition) is 4. The Morgan fingerprint density at radius 3 is 2.44 bits per heavy atom. The molecule has 25 heavy (non-hydrogen) atoms. The number of aromatic nitrogens is 2. The Bertz CT molecular complexity index is 989. The molecule has 0 aliphatic heterocycles. The maximum atomic E-state index is 12.1. The van der Waals surface area contributed by atoms with Crippen LogP contribution >= 0.6 is 23.2 Å². The molecule has 0 radical (unpaired) electrons. The minimum Gasteiger partial charge on any atom is -0.464 e. The van der Waals surface area contributed by atoms with E-state index in [1.54, 1.807) is 48.5 Å². The first kappa shape index (κ1) is 17.0. The van der Waals surface area contributed by atoms with Crippen LogP contribution in [0.2, 0.25) is 10.0 Å². The number of nitrogens with zero attached hydrogens (tertiary/aromatic N) is 3. The zero-order valence-electron chi connectivity index (χ0n) is 13.0. The molecular weight excluding hydrogens is 361 g/mol. The van der Waals surface area contributed by atoms with E-state index in [0.29, 0.717) is 27.0 Å². The number of benzene rings is 2. The molecule has 0 aliphatic rings. The molecular formula is C18H11Cl2N3O2. The van der Waals surface area contributed by atoms with Gasteiger partial charge in [0.05, 0.1) is 23.5 Å². The SMILES string of the molecule is COC(=O)c1nn(-c2ccccc2Cl)c(-c2ccc(Cl)cc2)c1C#N. The van der Waals surface area contributed by atoms with Gasteiger partial charge in [-0.3, -0.25) is 0 Å². The average molecular weight is 372 g/mol. The van der Waals surface area contributed by atoms with Crippen LogP contribution < -0.4 is 0 Å². The van der Waals surface area contributed by atoms with Crippen molar-refractivity contribution in [3.63, 3.8) is 0 Å². The molecule has 5 nitrogen and oxygen atoms in total. The van der Waals surface area contributed by atoms with Crippen LogP contribution in [0.3, 0.4) is 0 Å². The Morgan fingerprint density at radius 1 is 1.16 bits per heavy atom. The summed E-state index contributed by atoms with van der Waals surface area (Å²) in [5.41, 5.74) is 1.68. The first-order chi connectivity index (χ1) is 12.1. The summed E-state index contributed by atoms with van der Waals surface area (Å²) in [5, 5.41) is 14.9. The Labute approximate surface area is 154 Å². The zero-order valence-corrected chi connectivity index (χ0v) is 14.5. The molecule has 1 heterocycles. The highest BCUT2D eigenvalue weighted by atomic mass is 35.5. The zero-order chi connectivity index (χ0) is 18.0. The van der Waals surface area contributed by atoms with E-state index < -0.39 is 5.97 Å². The third-order valence-electron chi connectivity index (χ3n) is 3.57. The monoisotopic (exact) mass is 371 g/mol. The summed E-state index contributed by atoms with van der Waals surface area (Å²) in [6.07, 6.45) is 0. The van der Waals surface area contributed by atoms with Gasteiger partial charge in [-0.25, -0.2) is 9.48 Å². The van der Waals surface area contributed by atoms with Crippen LogP contribution in [-0.2, 0) is 4.74 Å². The molecule has 1 aromatic heterocycles. The van der Waals surface area contributed by atoms with E-state index in [-0.39, 0.29) is 11.3 Å². The van der Waals surface area contributed by atoms with Gasteiger partial charge in [0.15, 0.2) is 5.69 Å². The Morgan fingerprint density at radius 2 is 1.84 bits per heavy atom. The van der Waals surface area contributed by atoms with E-state index in [0.717, 1.165) is 0 Å². The third-order valence-corrected chi connectivity index (χ3v) is 4.15. The van der Waals surface area contributed by atoms with Gasteiger partial charge in [0.1, 0.15) is 11.6 Å². The quantitative estimate of drug-likeness (QED) is 0.635. The molecule has 2 aromatic carbocycles. The van der Waals surface area contributed by atoms with E-state index in [4.69, 9.17) is 27.9 Å². The van der Waals surface area contributed by atoms with E-state index in [1.165, 1.54) is 11.8 Å². The van der Waals surface area contributed by atoms with Crippen molar-refractivity contribution in [1.82, 2.24) is 9.78 Å². The van der Waals surface area contributed by atoms with Crippen LogP contribution in [0, 0.1) is 11.3 Å². The summed E-state index contributed by atoms with van der Waals surface area (Å²) in [4.78, 5) is 12.1. The second kappa shape index (κ2) is 6.98. The van der Waals surface area contributed by atoms with Crippen LogP contribution in [0.4, 0.5) is 0 Å². The summed E-state index contributed by atoms with van der Waals surface area (Å²) in [5.74, 6) is -0.697. The molecule has 0 saturated carbocycles. The minimum absolute atomic E-state index is 0.0742. The van der Waals surface area contributed by atoms with Gasteiger partial charge in [0, 0.05) is 10.6 Å². The molecule has 0 amide bonds. The summed E-state index contributed by atoms with van der Waals surface area (Å²) < 4.78 is 6.22. The molecule has 0 bridgehead atoms. The lowest BCUT2D eigenvalue weighted by Crippen LogP contribution is -2.05. The number of para-hydroxylation sites is 1. The number of methoxy groups -OCH3 is 1. The molecule has 124 valence electrons. The number of nitriles is 1. The molecule has 3 aromatic rings. The molecule has 0 spiro atoms. The van der Waals surface area contributed by atoms with E-state index >= 15 is 0 Å². The summed E-state index contributed by atoms with van der Waals surface area (Å²) >= 11 is 12.2. The van der Waals surface area contributed by atoms with Crippen molar-refractivity contribution in [3.8, 4) is 23.0 Å². The van der Waals surface area contributed by atoms with Crippen molar-refractivity contribution < 1.29 is 9.53 Å². The summed E-state index contributed by atoms with van der Waals surface area (Å²) in [6.45, 7) is 0. The standard InChI is InChI=1S/C18H11Cl2N3O2/c1-25-18(24)16-13(10-21)17(11-6-8-12(19)9-7-11)23(22-16)15-5-3-2-4-14(15)20/h2-9H,1H3. The normalized spacial score (nSPS) is 10.3. The van der Waals surface area contributed by atoms with Crippen molar-refractivity contribution >= 4 is 29.2 Å². The Kier molecular flexibility index (Phi) is 4.75. The first-order valence-corrected chi connectivity index (χ1v) is 7.94. The molecule has 0 atom stereocenters. The summed E-state index contributed by atoms with van der Waals surface area (Å²) in [6, 6.07) is 15.9. The van der Waals surface area contributed by atoms with Crippen LogP contribution in [0.5, 0.6) is 0 Å². The Balaban J connectivity index is 2.36. The van der Waals surface area contributed by atoms with Crippen molar-refractivity contribution in [2.75, 3.05) is 7.11 Å². The van der Waals surface area contributed by atoms with E-state index in [2.05, 4.69) is 5.10 Å². The maximum absolute atomic E-state index is 12.1. The van der Waals surface area contributed by atoms with Crippen molar-refractivity contribution in [1.29, 1.82) is 5.26 Å². The smallest absolute Gasteiger partial charge is 0.360 e. The van der Waals surface area contributed by atoms with Crippen LogP contribution in [0.25, 0.3) is 16.9 Å². The molecule has 0 saturated heterocycles. The minimum atomic E-state index is -0.697. The second-order valence-corrected chi connectivity index (χ2v) is 5.89. The van der Waals surface area contributed by atoms with Crippen LogP contribution in [0.1, 0.15) is 16.1 Å². The predicted octanol–water partition coefficient (Wildman–Crippen LogP) is 4.50. The number of rotatable bonds is 3. The fourth-order valence-electron chi connectivity index (χ4n) is 2.44. The molecule has 0 unspecified atom stereocenters. The highest BCUT2D eigenvalue weighted by molar-refractivity contribution is 6.32. The average Bonchev–Trinajstić information content (AvgIpc) is 3.01. The van der Waals surface area contributed by atoms with Crippen LogP contribution in [0.15, 0.2) is 48.5 Å². The first-order valence-electron chi connectivity index (χ1n) is 7.19. The number of hydrogen-bond donors (Lipinski definition) is 0. The largest absolute Gasteiger partial charge is 0.464 e. The topological polar surface area (TPSA) is 67.9 Å². The lowest BCUT2D eigenvalue weighted by atomic mass is 10.1. The number of halogens is 2. The van der Waals surface area contributed by atoms with Gasteiger partial charge in [-0.1, -0.05) is 47.5 Å². The molecule has 0 N–H and O–H groups in total. The lowest BCUT2D eigenvalue weighted by Gasteiger charge is -2.09. The molecule has 0 fully saturated rings. The Hall–Kier alpha value is -2.81. The van der Waals surface area contributed by atoms with Gasteiger partial charge < -0.3 is 4.74 Å². The molecule has 0 aliphatic carbocycles. The second-order valence-electron chi connectivity index (χ2n) is 5.05. The van der Waals surface area contributed by atoms with Gasteiger partial charge in [-0.2, -0.15) is 10.4 Å². The fourth-order valence-corrected chi connectivity index (χ4v) is 2.78. The fraction of sp³-hybridized carbons (Fsp3) is 0.0556. The van der Waals surface area contributed by atoms with Crippen LogP contribution in [-0.4, -0.2) is 22.9 Å². The highest BCUT2D eigenvalue weighted by Crippen LogP contribution is 2.32. The third kappa shape index (κ3) is 3.10. The number of carbonyl (C=O) groups is 1. The molecule has 3 rings (SSSR count). The highest BCUT2D eigenvalue weighted by Gasteiger charge is 2.26. The van der Waals surface area contributed by atoms with Gasteiger partial charge in [0.2, 0.25) is 0 Å². The van der Waals surface area contributed by atoms with Crippen molar-refractivity contribution in [2.24, 2.45) is 0 Å². The number of esters is 1. The van der Waals surface area contributed by atoms with Crippen molar-refractivity contribution in [3.05, 3.63) is 69.8 Å². The number of carbonyl (C=O) groups excluding carboxylic acids is 1. The van der Waals surface area contributed by atoms with Gasteiger partial charge in [-0.15, -0.1) is 0 Å². The van der Waals surface area contributed by atoms with E-state index in [1.807, 2.05) is 6.07 Å². The van der Waals surface area contributed by atoms with Gasteiger partial charge in [-0.05, 0) is 24.3 Å². The van der Waals surface area contributed by atoms with Gasteiger partial charge in [0.25, 0.3) is 0 Å². The summed E-state index contributed by atoms with van der Waals surface area (Å²) in [7, 11) is 1.24. The predicted molar refractivity (Wildman–Crippen MR) is 95.1 cm³/mol. The molecule has 7 heteroatoms. The van der Waals surface area contributed by atoms with Crippen molar-refractivity contribution in [2.45, 2.75) is 0 Å². The lowest BCUT2D eigenvalue weighted by molar-refractivity contribution is 0.0593. The van der Waals surface area contributed by atoms with E-state index in [9.17, 15) is 10.1 Å². The van der Waals surface area contributed by atoms with Gasteiger partial charge >= 0.3 is 5.97 Å². The number of ether oxygens (including phenoxy) is 1.